The SMILES string of the molecule is Cc1ccc(CC(N)COc2cncc(-c3ccc4n[nH]c(C)c4c3)c2)cc1F. The van der Waals surface area contributed by atoms with Gasteiger partial charge in [0.25, 0.3) is 0 Å². The molecule has 5 nitrogen and oxygen atoms in total. The number of nitrogens with two attached hydrogens (primary N) is 1. The van der Waals surface area contributed by atoms with Crippen molar-refractivity contribution in [2.24, 2.45) is 5.73 Å². The maximum Gasteiger partial charge on any atom is 0.138 e. The minimum absolute atomic E-state index is 0.211. The van der Waals surface area contributed by atoms with Crippen molar-refractivity contribution in [2.45, 2.75) is 26.3 Å². The van der Waals surface area contributed by atoms with Crippen LogP contribution in [0.4, 0.5) is 4.39 Å². The summed E-state index contributed by atoms with van der Waals surface area (Å²) in [6.07, 6.45) is 4.02. The van der Waals surface area contributed by atoms with Crippen molar-refractivity contribution in [3.05, 3.63) is 77.5 Å². The monoisotopic (exact) mass is 390 g/mol. The van der Waals surface area contributed by atoms with Gasteiger partial charge >= 0.3 is 0 Å². The molecule has 0 amide bonds. The molecule has 0 aliphatic rings. The number of nitrogens with one attached hydrogen (secondary N) is 1. The lowest BCUT2D eigenvalue weighted by Crippen LogP contribution is -2.30. The molecule has 0 saturated carbocycles. The van der Waals surface area contributed by atoms with E-state index in [9.17, 15) is 4.39 Å². The molecular formula is C23H23FN4O. The fourth-order valence-electron chi connectivity index (χ4n) is 3.30. The van der Waals surface area contributed by atoms with Gasteiger partial charge in [-0.1, -0.05) is 18.2 Å². The van der Waals surface area contributed by atoms with E-state index in [0.29, 0.717) is 24.3 Å². The fourth-order valence-corrected chi connectivity index (χ4v) is 3.30. The zero-order valence-corrected chi connectivity index (χ0v) is 16.4. The average Bonchev–Trinajstić information content (AvgIpc) is 3.10. The zero-order chi connectivity index (χ0) is 20.4. The molecule has 2 heterocycles. The molecule has 0 aliphatic heterocycles. The molecule has 1 unspecified atom stereocenters. The molecule has 0 saturated heterocycles. The Balaban J connectivity index is 1.44. The van der Waals surface area contributed by atoms with Gasteiger partial charge in [0.1, 0.15) is 18.2 Å². The molecule has 3 N–H and O–H groups in total. The Kier molecular flexibility index (Phi) is 5.27. The smallest absolute Gasteiger partial charge is 0.138 e. The molecule has 148 valence electrons. The van der Waals surface area contributed by atoms with Crippen molar-refractivity contribution in [1.82, 2.24) is 15.2 Å². The van der Waals surface area contributed by atoms with Crippen LogP contribution in [0.1, 0.15) is 16.8 Å². The minimum Gasteiger partial charge on any atom is -0.490 e. The van der Waals surface area contributed by atoms with Crippen LogP contribution in [0.25, 0.3) is 22.0 Å². The summed E-state index contributed by atoms with van der Waals surface area (Å²) in [5.74, 6) is 0.439. The van der Waals surface area contributed by atoms with Crippen LogP contribution in [0, 0.1) is 19.7 Å². The number of hydrogen-bond donors (Lipinski definition) is 2. The fraction of sp³-hybridized carbons (Fsp3) is 0.217. The molecule has 2 aromatic heterocycles. The third kappa shape index (κ3) is 4.27. The normalized spacial score (nSPS) is 12.3. The predicted molar refractivity (Wildman–Crippen MR) is 112 cm³/mol. The Hall–Kier alpha value is -3.25. The number of H-pyrrole nitrogens is 1. The Morgan fingerprint density at radius 3 is 2.76 bits per heavy atom. The van der Waals surface area contributed by atoms with Crippen LogP contribution < -0.4 is 10.5 Å². The number of fused-ring (bicyclic) bond motifs is 1. The van der Waals surface area contributed by atoms with E-state index in [4.69, 9.17) is 10.5 Å². The lowest BCUT2D eigenvalue weighted by atomic mass is 10.0. The summed E-state index contributed by atoms with van der Waals surface area (Å²) in [4.78, 5) is 4.30. The highest BCUT2D eigenvalue weighted by Gasteiger charge is 2.09. The molecule has 6 heteroatoms. The Labute approximate surface area is 168 Å². The number of nitrogens with zero attached hydrogens (tertiary/aromatic N) is 2. The second-order valence-electron chi connectivity index (χ2n) is 7.35. The maximum atomic E-state index is 13.7. The summed E-state index contributed by atoms with van der Waals surface area (Å²) in [5, 5.41) is 8.34. The Morgan fingerprint density at radius 2 is 1.93 bits per heavy atom. The summed E-state index contributed by atoms with van der Waals surface area (Å²) in [5.41, 5.74) is 11.6. The van der Waals surface area contributed by atoms with Gasteiger partial charge in [-0.3, -0.25) is 10.1 Å². The first-order valence-electron chi connectivity index (χ1n) is 9.53. The van der Waals surface area contributed by atoms with Crippen molar-refractivity contribution in [3.8, 4) is 16.9 Å². The molecule has 4 rings (SSSR count). The van der Waals surface area contributed by atoms with Gasteiger partial charge in [0.05, 0.1) is 11.7 Å². The Morgan fingerprint density at radius 1 is 1.07 bits per heavy atom. The zero-order valence-electron chi connectivity index (χ0n) is 16.4. The van der Waals surface area contributed by atoms with Crippen molar-refractivity contribution in [3.63, 3.8) is 0 Å². The van der Waals surface area contributed by atoms with Crippen LogP contribution in [0.15, 0.2) is 54.9 Å². The van der Waals surface area contributed by atoms with E-state index in [2.05, 4.69) is 21.2 Å². The first-order valence-corrected chi connectivity index (χ1v) is 9.53. The molecule has 29 heavy (non-hydrogen) atoms. The summed E-state index contributed by atoms with van der Waals surface area (Å²) in [6.45, 7) is 4.06. The lowest BCUT2D eigenvalue weighted by molar-refractivity contribution is 0.286. The third-order valence-electron chi connectivity index (χ3n) is 4.99. The van der Waals surface area contributed by atoms with E-state index < -0.39 is 0 Å². The molecule has 0 spiro atoms. The number of hydrogen-bond acceptors (Lipinski definition) is 4. The molecule has 2 aromatic carbocycles. The summed E-state index contributed by atoms with van der Waals surface area (Å²) < 4.78 is 19.6. The summed E-state index contributed by atoms with van der Waals surface area (Å²) in [6, 6.07) is 13.0. The van der Waals surface area contributed by atoms with Gasteiger partial charge in [-0.15, -0.1) is 0 Å². The van der Waals surface area contributed by atoms with E-state index in [1.807, 2.05) is 31.2 Å². The van der Waals surface area contributed by atoms with Crippen LogP contribution in [0.2, 0.25) is 0 Å². The van der Waals surface area contributed by atoms with Crippen LogP contribution in [0.3, 0.4) is 0 Å². The van der Waals surface area contributed by atoms with E-state index in [0.717, 1.165) is 33.3 Å². The van der Waals surface area contributed by atoms with Crippen molar-refractivity contribution in [1.29, 1.82) is 0 Å². The average molecular weight is 390 g/mol. The number of benzene rings is 2. The standard InChI is InChI=1S/C23H23FN4O/c1-14-3-4-16(8-22(14)24)7-19(25)13-29-20-9-18(11-26-12-20)17-5-6-23-21(10-17)15(2)27-28-23/h3-6,8-12,19H,7,13,25H2,1-2H3,(H,27,28). The first-order chi connectivity index (χ1) is 14.0. The first kappa shape index (κ1) is 19.1. The van der Waals surface area contributed by atoms with E-state index >= 15 is 0 Å². The number of aryl methyl sites for hydroxylation is 2. The van der Waals surface area contributed by atoms with Gasteiger partial charge in [-0.25, -0.2) is 4.39 Å². The second kappa shape index (κ2) is 8.01. The second-order valence-corrected chi connectivity index (χ2v) is 7.35. The van der Waals surface area contributed by atoms with E-state index in [1.165, 1.54) is 6.07 Å². The van der Waals surface area contributed by atoms with Crippen molar-refractivity contribution < 1.29 is 9.13 Å². The van der Waals surface area contributed by atoms with Crippen molar-refractivity contribution in [2.75, 3.05) is 6.61 Å². The summed E-state index contributed by atoms with van der Waals surface area (Å²) >= 11 is 0. The number of ether oxygens (including phenoxy) is 1. The number of aromatic amines is 1. The molecule has 0 fully saturated rings. The Bertz CT molecular complexity index is 1150. The molecule has 0 bridgehead atoms. The number of halogens is 1. The number of aromatic nitrogens is 3. The molecule has 1 atom stereocenters. The highest BCUT2D eigenvalue weighted by atomic mass is 19.1. The number of pyridine rings is 1. The van der Waals surface area contributed by atoms with E-state index in [1.54, 1.807) is 25.4 Å². The quantitative estimate of drug-likeness (QED) is 0.514. The largest absolute Gasteiger partial charge is 0.490 e. The topological polar surface area (TPSA) is 76.8 Å². The maximum absolute atomic E-state index is 13.7. The van der Waals surface area contributed by atoms with Crippen LogP contribution in [0.5, 0.6) is 5.75 Å². The highest BCUT2D eigenvalue weighted by Crippen LogP contribution is 2.27. The molecule has 0 aliphatic carbocycles. The van der Waals surface area contributed by atoms with Crippen molar-refractivity contribution >= 4 is 10.9 Å². The van der Waals surface area contributed by atoms with Gasteiger partial charge in [0.2, 0.25) is 0 Å². The number of rotatable bonds is 6. The molecule has 4 aromatic rings. The highest BCUT2D eigenvalue weighted by molar-refractivity contribution is 5.86. The van der Waals surface area contributed by atoms with E-state index in [-0.39, 0.29) is 11.9 Å². The van der Waals surface area contributed by atoms with Crippen LogP contribution in [-0.4, -0.2) is 27.8 Å². The third-order valence-corrected chi connectivity index (χ3v) is 4.99. The van der Waals surface area contributed by atoms with Crippen LogP contribution >= 0.6 is 0 Å². The van der Waals surface area contributed by atoms with Gasteiger partial charge in [-0.05, 0) is 61.2 Å². The minimum atomic E-state index is -0.245. The predicted octanol–water partition coefficient (Wildman–Crippen LogP) is 4.33. The summed E-state index contributed by atoms with van der Waals surface area (Å²) in [7, 11) is 0. The van der Waals surface area contributed by atoms with Gasteiger partial charge in [-0.2, -0.15) is 5.10 Å². The van der Waals surface area contributed by atoms with Gasteiger partial charge in [0, 0.05) is 28.9 Å². The molecule has 0 radical (unpaired) electrons. The van der Waals surface area contributed by atoms with Gasteiger partial charge < -0.3 is 10.5 Å². The lowest BCUT2D eigenvalue weighted by Gasteiger charge is -2.14. The van der Waals surface area contributed by atoms with Gasteiger partial charge in [0.15, 0.2) is 0 Å². The molecular weight excluding hydrogens is 367 g/mol. The van der Waals surface area contributed by atoms with Crippen LogP contribution in [-0.2, 0) is 6.42 Å².